The number of likely N-dealkylation sites (tertiary alicyclic amines) is 1. The molecule has 6 nitrogen and oxygen atoms in total. The zero-order valence-electron chi connectivity index (χ0n) is 14.6. The number of likely N-dealkylation sites (N-methyl/N-ethyl adjacent to an activating group) is 1. The number of hydrogen-bond acceptors (Lipinski definition) is 3. The molecule has 0 radical (unpaired) electrons. The van der Waals surface area contributed by atoms with Crippen molar-refractivity contribution in [2.24, 2.45) is 5.92 Å². The maximum absolute atomic E-state index is 12.6. The van der Waals surface area contributed by atoms with Crippen molar-refractivity contribution in [3.8, 4) is 0 Å². The van der Waals surface area contributed by atoms with Crippen LogP contribution in [0.3, 0.4) is 0 Å². The third-order valence-corrected chi connectivity index (χ3v) is 3.67. The summed E-state index contributed by atoms with van der Waals surface area (Å²) in [6.45, 7) is 12.4. The van der Waals surface area contributed by atoms with E-state index in [0.29, 0.717) is 13.1 Å². The van der Waals surface area contributed by atoms with Gasteiger partial charge in [0.15, 0.2) is 0 Å². The van der Waals surface area contributed by atoms with Gasteiger partial charge in [-0.2, -0.15) is 0 Å². The monoisotopic (exact) mass is 311 g/mol. The number of nitrogens with one attached hydrogen (secondary N) is 1. The summed E-state index contributed by atoms with van der Waals surface area (Å²) in [4.78, 5) is 39.7. The summed E-state index contributed by atoms with van der Waals surface area (Å²) in [7, 11) is 0. The first-order chi connectivity index (χ1) is 10.0. The summed E-state index contributed by atoms with van der Waals surface area (Å²) in [6, 6.07) is 0.101. The van der Waals surface area contributed by atoms with Gasteiger partial charge in [-0.15, -0.1) is 0 Å². The highest BCUT2D eigenvalue weighted by molar-refractivity contribution is 5.91. The molecule has 1 unspecified atom stereocenters. The Labute approximate surface area is 133 Å². The largest absolute Gasteiger partial charge is 0.350 e. The Balaban J connectivity index is 2.66. The molecular formula is C16H29N3O3. The molecule has 22 heavy (non-hydrogen) atoms. The van der Waals surface area contributed by atoms with Crippen LogP contribution >= 0.6 is 0 Å². The summed E-state index contributed by atoms with van der Waals surface area (Å²) in [5.41, 5.74) is -0.322. The Morgan fingerprint density at radius 3 is 2.36 bits per heavy atom. The number of rotatable bonds is 5. The highest BCUT2D eigenvalue weighted by atomic mass is 16.2. The maximum Gasteiger partial charge on any atom is 0.240 e. The average Bonchev–Trinajstić information content (AvgIpc) is 2.75. The van der Waals surface area contributed by atoms with Crippen LogP contribution in [0, 0.1) is 5.92 Å². The third-order valence-electron chi connectivity index (χ3n) is 3.67. The van der Waals surface area contributed by atoms with Crippen LogP contribution in [0.5, 0.6) is 0 Å². The fraction of sp³-hybridized carbons (Fsp3) is 0.812. The SMILES string of the molecule is CCN(CC(=O)NC(C)(C)C)C(=O)C1CC(=O)N(C(C)C)C1. The lowest BCUT2D eigenvalue weighted by Crippen LogP contribution is -2.48. The summed E-state index contributed by atoms with van der Waals surface area (Å²) in [6.07, 6.45) is 0.244. The minimum absolute atomic E-state index is 0.0172. The molecule has 0 aromatic heterocycles. The highest BCUT2D eigenvalue weighted by Gasteiger charge is 2.37. The fourth-order valence-corrected chi connectivity index (χ4v) is 2.63. The number of nitrogens with zero attached hydrogens (tertiary/aromatic N) is 2. The van der Waals surface area contributed by atoms with Crippen LogP contribution in [-0.2, 0) is 14.4 Å². The van der Waals surface area contributed by atoms with Crippen molar-refractivity contribution >= 4 is 17.7 Å². The van der Waals surface area contributed by atoms with Gasteiger partial charge in [0.1, 0.15) is 0 Å². The van der Waals surface area contributed by atoms with Crippen LogP contribution in [0.15, 0.2) is 0 Å². The predicted octanol–water partition coefficient (Wildman–Crippen LogP) is 1.01. The molecule has 1 heterocycles. The van der Waals surface area contributed by atoms with Crippen LogP contribution in [0.25, 0.3) is 0 Å². The van der Waals surface area contributed by atoms with E-state index in [1.165, 1.54) is 4.90 Å². The summed E-state index contributed by atoms with van der Waals surface area (Å²) >= 11 is 0. The van der Waals surface area contributed by atoms with Gasteiger partial charge in [0.2, 0.25) is 17.7 Å². The Bertz CT molecular complexity index is 440. The smallest absolute Gasteiger partial charge is 0.240 e. The molecule has 1 rings (SSSR count). The molecule has 1 aliphatic rings. The Morgan fingerprint density at radius 1 is 1.36 bits per heavy atom. The minimum atomic E-state index is -0.336. The molecule has 0 aliphatic carbocycles. The first kappa shape index (κ1) is 18.5. The van der Waals surface area contributed by atoms with Crippen molar-refractivity contribution in [3.05, 3.63) is 0 Å². The van der Waals surface area contributed by atoms with Gasteiger partial charge in [0.05, 0.1) is 12.5 Å². The molecule has 1 N–H and O–H groups in total. The lowest BCUT2D eigenvalue weighted by Gasteiger charge is -2.27. The van der Waals surface area contributed by atoms with Gasteiger partial charge in [0, 0.05) is 31.1 Å². The summed E-state index contributed by atoms with van der Waals surface area (Å²) < 4.78 is 0. The Kier molecular flexibility index (Phi) is 5.97. The van der Waals surface area contributed by atoms with Crippen molar-refractivity contribution < 1.29 is 14.4 Å². The van der Waals surface area contributed by atoms with Crippen LogP contribution in [-0.4, -0.2) is 58.7 Å². The van der Waals surface area contributed by atoms with Gasteiger partial charge in [-0.3, -0.25) is 14.4 Å². The van der Waals surface area contributed by atoms with E-state index in [2.05, 4.69) is 5.32 Å². The van der Waals surface area contributed by atoms with Gasteiger partial charge in [-0.05, 0) is 41.5 Å². The van der Waals surface area contributed by atoms with E-state index in [9.17, 15) is 14.4 Å². The molecule has 3 amide bonds. The number of amides is 3. The Hall–Kier alpha value is -1.59. The van der Waals surface area contributed by atoms with Crippen molar-refractivity contribution in [3.63, 3.8) is 0 Å². The molecule has 1 aliphatic heterocycles. The molecule has 6 heteroatoms. The van der Waals surface area contributed by atoms with Gasteiger partial charge in [0.25, 0.3) is 0 Å². The molecule has 0 spiro atoms. The van der Waals surface area contributed by atoms with Crippen LogP contribution in [0.1, 0.15) is 48.0 Å². The molecular weight excluding hydrogens is 282 g/mol. The Morgan fingerprint density at radius 2 is 1.95 bits per heavy atom. The molecule has 126 valence electrons. The molecule has 0 aromatic carbocycles. The zero-order valence-corrected chi connectivity index (χ0v) is 14.6. The first-order valence-electron chi connectivity index (χ1n) is 7.94. The molecule has 1 atom stereocenters. The van der Waals surface area contributed by atoms with Gasteiger partial charge >= 0.3 is 0 Å². The zero-order chi connectivity index (χ0) is 17.1. The van der Waals surface area contributed by atoms with Crippen molar-refractivity contribution in [2.45, 2.75) is 59.5 Å². The average molecular weight is 311 g/mol. The van der Waals surface area contributed by atoms with Crippen LogP contribution in [0.4, 0.5) is 0 Å². The normalized spacial score (nSPS) is 18.8. The highest BCUT2D eigenvalue weighted by Crippen LogP contribution is 2.22. The predicted molar refractivity (Wildman–Crippen MR) is 85.1 cm³/mol. The van der Waals surface area contributed by atoms with Crippen molar-refractivity contribution in [2.75, 3.05) is 19.6 Å². The molecule has 0 bridgehead atoms. The van der Waals surface area contributed by atoms with E-state index < -0.39 is 0 Å². The molecule has 0 aromatic rings. The summed E-state index contributed by atoms with van der Waals surface area (Å²) in [5.74, 6) is -0.600. The van der Waals surface area contributed by atoms with E-state index >= 15 is 0 Å². The number of carbonyl (C=O) groups excluding carboxylic acids is 3. The second kappa shape index (κ2) is 7.11. The minimum Gasteiger partial charge on any atom is -0.350 e. The van der Waals surface area contributed by atoms with E-state index in [1.54, 1.807) is 4.90 Å². The number of carbonyl (C=O) groups is 3. The molecule has 1 fully saturated rings. The van der Waals surface area contributed by atoms with E-state index in [4.69, 9.17) is 0 Å². The van der Waals surface area contributed by atoms with Crippen LogP contribution < -0.4 is 5.32 Å². The van der Waals surface area contributed by atoms with Gasteiger partial charge in [-0.1, -0.05) is 0 Å². The second-order valence-corrected chi connectivity index (χ2v) is 7.19. The second-order valence-electron chi connectivity index (χ2n) is 7.19. The lowest BCUT2D eigenvalue weighted by molar-refractivity contribution is -0.139. The van der Waals surface area contributed by atoms with Gasteiger partial charge < -0.3 is 15.1 Å². The molecule has 0 saturated carbocycles. The van der Waals surface area contributed by atoms with E-state index in [-0.39, 0.29) is 48.2 Å². The molecule has 1 saturated heterocycles. The summed E-state index contributed by atoms with van der Waals surface area (Å²) in [5, 5.41) is 2.85. The van der Waals surface area contributed by atoms with E-state index in [1.807, 2.05) is 41.5 Å². The number of hydrogen-bond donors (Lipinski definition) is 1. The van der Waals surface area contributed by atoms with Crippen molar-refractivity contribution in [1.82, 2.24) is 15.1 Å². The first-order valence-corrected chi connectivity index (χ1v) is 7.94. The quantitative estimate of drug-likeness (QED) is 0.824. The topological polar surface area (TPSA) is 69.7 Å². The standard InChI is InChI=1S/C16H29N3O3/c1-7-18(10-13(20)17-16(4,5)6)15(22)12-8-14(21)19(9-12)11(2)3/h11-12H,7-10H2,1-6H3,(H,17,20). The maximum atomic E-state index is 12.6. The van der Waals surface area contributed by atoms with Gasteiger partial charge in [-0.25, -0.2) is 0 Å². The van der Waals surface area contributed by atoms with E-state index in [0.717, 1.165) is 0 Å². The lowest BCUT2D eigenvalue weighted by atomic mass is 10.1. The fourth-order valence-electron chi connectivity index (χ4n) is 2.63. The van der Waals surface area contributed by atoms with Crippen LogP contribution in [0.2, 0.25) is 0 Å². The third kappa shape index (κ3) is 5.00. The van der Waals surface area contributed by atoms with Crippen molar-refractivity contribution in [1.29, 1.82) is 0 Å².